The van der Waals surface area contributed by atoms with Gasteiger partial charge in [-0.15, -0.1) is 0 Å². The van der Waals surface area contributed by atoms with E-state index in [9.17, 15) is 5.11 Å². The summed E-state index contributed by atoms with van der Waals surface area (Å²) in [6, 6.07) is 13.4. The topological polar surface area (TPSA) is 58.0 Å². The number of nitrogens with one attached hydrogen (secondary N) is 1. The second-order valence-corrected chi connectivity index (χ2v) is 4.69. The molecule has 0 unspecified atom stereocenters. The Morgan fingerprint density at radius 2 is 2.00 bits per heavy atom. The van der Waals surface area contributed by atoms with Crippen molar-refractivity contribution in [2.45, 2.75) is 13.5 Å². The van der Waals surface area contributed by atoms with Crippen LogP contribution in [-0.4, -0.2) is 15.1 Å². The molecule has 0 radical (unpaired) electrons. The second-order valence-electron chi connectivity index (χ2n) is 4.69. The molecule has 3 rings (SSSR count). The van der Waals surface area contributed by atoms with E-state index >= 15 is 0 Å². The number of rotatable bonds is 3. The lowest BCUT2D eigenvalue weighted by Gasteiger charge is -2.08. The fraction of sp³-hybridized carbons (Fsp3) is 0.125. The van der Waals surface area contributed by atoms with E-state index in [0.717, 1.165) is 22.3 Å². The van der Waals surface area contributed by atoms with Crippen molar-refractivity contribution in [2.24, 2.45) is 0 Å². The molecule has 0 aliphatic carbocycles. The number of benzene rings is 1. The van der Waals surface area contributed by atoms with Gasteiger partial charge in [0.1, 0.15) is 11.4 Å². The summed E-state index contributed by atoms with van der Waals surface area (Å²) in [4.78, 5) is 8.71. The van der Waals surface area contributed by atoms with Gasteiger partial charge in [-0.2, -0.15) is 0 Å². The number of nitrogens with zero attached hydrogens (tertiary/aromatic N) is 2. The van der Waals surface area contributed by atoms with Gasteiger partial charge in [-0.1, -0.05) is 18.2 Å². The molecule has 1 aromatic carbocycles. The van der Waals surface area contributed by atoms with E-state index in [1.54, 1.807) is 18.3 Å². The summed E-state index contributed by atoms with van der Waals surface area (Å²) >= 11 is 0. The van der Waals surface area contributed by atoms with Crippen molar-refractivity contribution in [3.05, 3.63) is 60.0 Å². The van der Waals surface area contributed by atoms with Crippen LogP contribution in [0, 0.1) is 6.92 Å². The van der Waals surface area contributed by atoms with Crippen LogP contribution in [0.3, 0.4) is 0 Å². The lowest BCUT2D eigenvalue weighted by atomic mass is 10.2. The number of fused-ring (bicyclic) bond motifs is 1. The average molecular weight is 265 g/mol. The molecule has 4 nitrogen and oxygen atoms in total. The predicted molar refractivity (Wildman–Crippen MR) is 79.7 cm³/mol. The number of anilines is 1. The van der Waals surface area contributed by atoms with Crippen molar-refractivity contribution >= 4 is 16.6 Å². The third kappa shape index (κ3) is 2.54. The normalized spacial score (nSPS) is 10.7. The molecule has 0 atom stereocenters. The van der Waals surface area contributed by atoms with E-state index in [4.69, 9.17) is 0 Å². The fourth-order valence-corrected chi connectivity index (χ4v) is 2.09. The Bertz CT molecular complexity index is 756. The zero-order chi connectivity index (χ0) is 13.9. The number of para-hydroxylation sites is 1. The summed E-state index contributed by atoms with van der Waals surface area (Å²) < 4.78 is 0. The maximum absolute atomic E-state index is 9.77. The van der Waals surface area contributed by atoms with Crippen molar-refractivity contribution < 1.29 is 5.11 Å². The third-order valence-corrected chi connectivity index (χ3v) is 3.14. The van der Waals surface area contributed by atoms with Gasteiger partial charge in [0.15, 0.2) is 0 Å². The molecule has 100 valence electrons. The molecule has 0 saturated heterocycles. The molecule has 20 heavy (non-hydrogen) atoms. The van der Waals surface area contributed by atoms with Crippen molar-refractivity contribution in [3.8, 4) is 5.75 Å². The van der Waals surface area contributed by atoms with Crippen molar-refractivity contribution in [3.63, 3.8) is 0 Å². The molecule has 2 aromatic heterocycles. The van der Waals surface area contributed by atoms with Crippen LogP contribution in [0.1, 0.15) is 11.4 Å². The number of hydrogen-bond acceptors (Lipinski definition) is 4. The van der Waals surface area contributed by atoms with Gasteiger partial charge in [-0.05, 0) is 31.2 Å². The first-order chi connectivity index (χ1) is 9.72. The van der Waals surface area contributed by atoms with E-state index < -0.39 is 0 Å². The molecule has 0 bridgehead atoms. The van der Waals surface area contributed by atoms with E-state index in [2.05, 4.69) is 15.3 Å². The molecule has 0 saturated carbocycles. The first-order valence-corrected chi connectivity index (χ1v) is 6.46. The smallest absolute Gasteiger partial charge is 0.138 e. The standard InChI is InChI=1S/C16H15N3O/c1-11-6-7-16(20)15(19-11)10-17-13-8-12-4-2-3-5-14(12)18-9-13/h2-9,17,20H,10H2,1H3. The van der Waals surface area contributed by atoms with Crippen LogP contribution in [0.5, 0.6) is 5.75 Å². The Kier molecular flexibility index (Phi) is 3.21. The molecule has 4 heteroatoms. The molecule has 0 aliphatic rings. The van der Waals surface area contributed by atoms with Crippen LogP contribution in [0.15, 0.2) is 48.7 Å². The van der Waals surface area contributed by atoms with E-state index in [-0.39, 0.29) is 5.75 Å². The highest BCUT2D eigenvalue weighted by atomic mass is 16.3. The van der Waals surface area contributed by atoms with Crippen molar-refractivity contribution in [1.29, 1.82) is 0 Å². The molecular weight excluding hydrogens is 250 g/mol. The number of aryl methyl sites for hydroxylation is 1. The molecule has 0 amide bonds. The SMILES string of the molecule is Cc1ccc(O)c(CNc2cnc3ccccc3c2)n1. The molecule has 2 N–H and O–H groups in total. The number of aromatic nitrogens is 2. The number of aromatic hydroxyl groups is 1. The number of pyridine rings is 2. The second kappa shape index (κ2) is 5.17. The molecule has 0 fully saturated rings. The van der Waals surface area contributed by atoms with Gasteiger partial charge < -0.3 is 10.4 Å². The number of hydrogen-bond donors (Lipinski definition) is 2. The summed E-state index contributed by atoms with van der Waals surface area (Å²) in [6.45, 7) is 2.37. The van der Waals surface area contributed by atoms with Crippen LogP contribution in [0.2, 0.25) is 0 Å². The first kappa shape index (κ1) is 12.4. The van der Waals surface area contributed by atoms with Crippen LogP contribution >= 0.6 is 0 Å². The maximum atomic E-state index is 9.77. The first-order valence-electron chi connectivity index (χ1n) is 6.46. The Morgan fingerprint density at radius 3 is 2.90 bits per heavy atom. The molecule has 3 aromatic rings. The average Bonchev–Trinajstić information content (AvgIpc) is 2.48. The molecule has 2 heterocycles. The minimum absolute atomic E-state index is 0.205. The van der Waals surface area contributed by atoms with Gasteiger partial charge in [-0.3, -0.25) is 9.97 Å². The van der Waals surface area contributed by atoms with Crippen LogP contribution < -0.4 is 5.32 Å². The predicted octanol–water partition coefficient (Wildman–Crippen LogP) is 3.26. The quantitative estimate of drug-likeness (QED) is 0.763. The van der Waals surface area contributed by atoms with Crippen LogP contribution in [0.4, 0.5) is 5.69 Å². The highest BCUT2D eigenvalue weighted by Gasteiger charge is 2.03. The third-order valence-electron chi connectivity index (χ3n) is 3.14. The monoisotopic (exact) mass is 265 g/mol. The van der Waals surface area contributed by atoms with Crippen molar-refractivity contribution in [2.75, 3.05) is 5.32 Å². The van der Waals surface area contributed by atoms with Gasteiger partial charge in [-0.25, -0.2) is 0 Å². The minimum atomic E-state index is 0.205. The van der Waals surface area contributed by atoms with Gasteiger partial charge in [0.2, 0.25) is 0 Å². The van der Waals surface area contributed by atoms with Gasteiger partial charge in [0.25, 0.3) is 0 Å². The van der Waals surface area contributed by atoms with Crippen LogP contribution in [-0.2, 0) is 6.54 Å². The fourth-order valence-electron chi connectivity index (χ4n) is 2.09. The zero-order valence-corrected chi connectivity index (χ0v) is 11.2. The largest absolute Gasteiger partial charge is 0.506 e. The highest BCUT2D eigenvalue weighted by Crippen LogP contribution is 2.19. The molecule has 0 spiro atoms. The highest BCUT2D eigenvalue weighted by molar-refractivity contribution is 5.81. The summed E-state index contributed by atoms with van der Waals surface area (Å²) in [5.41, 5.74) is 3.40. The lowest BCUT2D eigenvalue weighted by molar-refractivity contribution is 0.464. The molecular formula is C16H15N3O. The van der Waals surface area contributed by atoms with E-state index in [1.165, 1.54) is 0 Å². The summed E-state index contributed by atoms with van der Waals surface area (Å²) in [5, 5.41) is 14.1. The summed E-state index contributed by atoms with van der Waals surface area (Å²) in [7, 11) is 0. The molecule has 0 aliphatic heterocycles. The van der Waals surface area contributed by atoms with Gasteiger partial charge in [0.05, 0.1) is 23.9 Å². The Morgan fingerprint density at radius 1 is 1.15 bits per heavy atom. The lowest BCUT2D eigenvalue weighted by Crippen LogP contribution is -2.03. The van der Waals surface area contributed by atoms with Crippen molar-refractivity contribution in [1.82, 2.24) is 9.97 Å². The maximum Gasteiger partial charge on any atom is 0.138 e. The van der Waals surface area contributed by atoms with Gasteiger partial charge >= 0.3 is 0 Å². The Labute approximate surface area is 117 Å². The van der Waals surface area contributed by atoms with Crippen LogP contribution in [0.25, 0.3) is 10.9 Å². The van der Waals surface area contributed by atoms with Gasteiger partial charge in [0, 0.05) is 11.1 Å². The summed E-state index contributed by atoms with van der Waals surface area (Å²) in [6.07, 6.45) is 1.79. The minimum Gasteiger partial charge on any atom is -0.506 e. The Hall–Kier alpha value is -2.62. The van der Waals surface area contributed by atoms with E-state index in [0.29, 0.717) is 12.2 Å². The summed E-state index contributed by atoms with van der Waals surface area (Å²) in [5.74, 6) is 0.205. The van der Waals surface area contributed by atoms with E-state index in [1.807, 2.05) is 37.3 Å². The zero-order valence-electron chi connectivity index (χ0n) is 11.2. The Balaban J connectivity index is 1.81.